The minimum atomic E-state index is -0.702. The van der Waals surface area contributed by atoms with Gasteiger partial charge in [-0.05, 0) is 53.3 Å². The largest absolute Gasteiger partial charge is 0.467 e. The van der Waals surface area contributed by atoms with E-state index in [1.807, 2.05) is 79.4 Å². The van der Waals surface area contributed by atoms with Crippen molar-refractivity contribution in [2.75, 3.05) is 24.4 Å². The summed E-state index contributed by atoms with van der Waals surface area (Å²) < 4.78 is 6.97. The number of rotatable bonds is 12. The van der Waals surface area contributed by atoms with Gasteiger partial charge >= 0.3 is 5.97 Å². The van der Waals surface area contributed by atoms with Crippen LogP contribution in [0.2, 0.25) is 0 Å². The average molecular weight is 529 g/mol. The number of ether oxygens (including phenoxy) is 1. The van der Waals surface area contributed by atoms with Gasteiger partial charge in [0.05, 0.1) is 25.7 Å². The molecule has 0 saturated carbocycles. The second kappa shape index (κ2) is 13.5. The van der Waals surface area contributed by atoms with Crippen molar-refractivity contribution in [1.29, 1.82) is 0 Å². The smallest absolute Gasteiger partial charge is 0.328 e. The molecule has 0 fully saturated rings. The maximum absolute atomic E-state index is 13.3. The third-order valence-electron chi connectivity index (χ3n) is 6.12. The van der Waals surface area contributed by atoms with Crippen molar-refractivity contribution in [2.24, 2.45) is 0 Å². The van der Waals surface area contributed by atoms with Crippen LogP contribution < -0.4 is 10.6 Å². The first-order valence-corrected chi connectivity index (χ1v) is 13.8. The van der Waals surface area contributed by atoms with Gasteiger partial charge in [-0.15, -0.1) is 0 Å². The van der Waals surface area contributed by atoms with Gasteiger partial charge in [0, 0.05) is 24.0 Å². The Morgan fingerprint density at radius 3 is 2.47 bits per heavy atom. The molecule has 1 amide bonds. The van der Waals surface area contributed by atoms with E-state index in [9.17, 15) is 9.59 Å². The van der Waals surface area contributed by atoms with Crippen molar-refractivity contribution in [2.45, 2.75) is 25.6 Å². The molecule has 0 bridgehead atoms. The minimum Gasteiger partial charge on any atom is -0.467 e. The van der Waals surface area contributed by atoms with Gasteiger partial charge in [-0.2, -0.15) is 11.8 Å². The highest BCUT2D eigenvalue weighted by Gasteiger charge is 2.23. The van der Waals surface area contributed by atoms with Crippen LogP contribution in [-0.4, -0.2) is 46.6 Å². The first-order valence-electron chi connectivity index (χ1n) is 12.4. The number of carbonyl (C=O) groups is 2. The average Bonchev–Trinajstić information content (AvgIpc) is 3.41. The van der Waals surface area contributed by atoms with E-state index in [1.165, 1.54) is 12.7 Å². The molecular formula is C30H32N4O3S. The number of nitrogens with zero attached hydrogens (tertiary/aromatic N) is 2. The van der Waals surface area contributed by atoms with Crippen LogP contribution >= 0.6 is 11.8 Å². The highest BCUT2D eigenvalue weighted by molar-refractivity contribution is 7.98. The molecule has 0 unspecified atom stereocenters. The van der Waals surface area contributed by atoms with Gasteiger partial charge in [-0.1, -0.05) is 60.7 Å². The van der Waals surface area contributed by atoms with Gasteiger partial charge in [0.15, 0.2) is 0 Å². The SMILES string of the molecule is COC(=O)[C@H](CCSC)NC(=O)c1ccc(NCc2cn(Cc3ccccc3)cn2)cc1-c1ccccc1. The number of aromatic nitrogens is 2. The zero-order chi connectivity index (χ0) is 26.7. The number of nitrogens with one attached hydrogen (secondary N) is 2. The molecule has 1 heterocycles. The van der Waals surface area contributed by atoms with E-state index in [0.29, 0.717) is 18.5 Å². The normalized spacial score (nSPS) is 11.5. The number of hydrogen-bond donors (Lipinski definition) is 2. The molecule has 1 aromatic heterocycles. The summed E-state index contributed by atoms with van der Waals surface area (Å²) in [6, 6.07) is 24.9. The highest BCUT2D eigenvalue weighted by Crippen LogP contribution is 2.28. The molecule has 0 aliphatic carbocycles. The number of anilines is 1. The predicted octanol–water partition coefficient (Wildman–Crippen LogP) is 5.24. The van der Waals surface area contributed by atoms with Gasteiger partial charge in [0.2, 0.25) is 0 Å². The summed E-state index contributed by atoms with van der Waals surface area (Å²) in [5.74, 6) is -0.0274. The Kier molecular flexibility index (Phi) is 9.59. The van der Waals surface area contributed by atoms with Crippen LogP contribution in [0.4, 0.5) is 5.69 Å². The number of benzene rings is 3. The Hall–Kier alpha value is -4.04. The van der Waals surface area contributed by atoms with E-state index in [-0.39, 0.29) is 5.91 Å². The summed E-state index contributed by atoms with van der Waals surface area (Å²) in [5.41, 5.74) is 5.17. The van der Waals surface area contributed by atoms with E-state index in [2.05, 4.69) is 32.3 Å². The number of carbonyl (C=O) groups excluding carboxylic acids is 2. The van der Waals surface area contributed by atoms with Gasteiger partial charge in [0.25, 0.3) is 5.91 Å². The Balaban J connectivity index is 1.51. The van der Waals surface area contributed by atoms with Gasteiger partial charge < -0.3 is 19.9 Å². The topological polar surface area (TPSA) is 85.2 Å². The molecule has 0 aliphatic rings. The maximum Gasteiger partial charge on any atom is 0.328 e. The molecule has 4 aromatic rings. The maximum atomic E-state index is 13.3. The molecule has 0 aliphatic heterocycles. The van der Waals surface area contributed by atoms with Crippen LogP contribution in [0, 0.1) is 0 Å². The van der Waals surface area contributed by atoms with Crippen LogP contribution in [0.1, 0.15) is 28.0 Å². The second-order valence-corrected chi connectivity index (χ2v) is 9.82. The zero-order valence-corrected chi connectivity index (χ0v) is 22.4. The van der Waals surface area contributed by atoms with Crippen LogP contribution in [0.25, 0.3) is 11.1 Å². The Morgan fingerprint density at radius 2 is 1.76 bits per heavy atom. The molecule has 0 radical (unpaired) electrons. The summed E-state index contributed by atoms with van der Waals surface area (Å²) in [4.78, 5) is 30.1. The third kappa shape index (κ3) is 7.26. The molecule has 38 heavy (non-hydrogen) atoms. The quantitative estimate of drug-likeness (QED) is 0.245. The molecule has 8 heteroatoms. The minimum absolute atomic E-state index is 0.313. The molecule has 3 aromatic carbocycles. The molecule has 2 N–H and O–H groups in total. The summed E-state index contributed by atoms with van der Waals surface area (Å²) in [6.45, 7) is 1.31. The van der Waals surface area contributed by atoms with E-state index in [0.717, 1.165) is 34.8 Å². The van der Waals surface area contributed by atoms with E-state index < -0.39 is 12.0 Å². The first kappa shape index (κ1) is 27.0. The third-order valence-corrected chi connectivity index (χ3v) is 6.76. The molecule has 196 valence electrons. The van der Waals surface area contributed by atoms with Crippen molar-refractivity contribution >= 4 is 29.3 Å². The van der Waals surface area contributed by atoms with Crippen LogP contribution in [-0.2, 0) is 22.6 Å². The number of hydrogen-bond acceptors (Lipinski definition) is 6. The van der Waals surface area contributed by atoms with Crippen molar-refractivity contribution in [1.82, 2.24) is 14.9 Å². The lowest BCUT2D eigenvalue weighted by atomic mass is 9.98. The van der Waals surface area contributed by atoms with Crippen molar-refractivity contribution < 1.29 is 14.3 Å². The lowest BCUT2D eigenvalue weighted by Gasteiger charge is -2.18. The van der Waals surface area contributed by atoms with Crippen LogP contribution in [0.5, 0.6) is 0 Å². The fourth-order valence-electron chi connectivity index (χ4n) is 4.14. The lowest BCUT2D eigenvalue weighted by molar-refractivity contribution is -0.142. The summed E-state index contributed by atoms with van der Waals surface area (Å²) in [7, 11) is 1.33. The Labute approximate surface area is 227 Å². The number of methoxy groups -OCH3 is 1. The fraction of sp³-hybridized carbons (Fsp3) is 0.233. The summed E-state index contributed by atoms with van der Waals surface area (Å²) in [5, 5.41) is 6.30. The number of amides is 1. The van der Waals surface area contributed by atoms with E-state index in [4.69, 9.17) is 4.74 Å². The van der Waals surface area contributed by atoms with Gasteiger partial charge in [0.1, 0.15) is 6.04 Å². The Bertz CT molecular complexity index is 1340. The van der Waals surface area contributed by atoms with Gasteiger partial charge in [-0.25, -0.2) is 9.78 Å². The molecule has 0 saturated heterocycles. The molecule has 0 spiro atoms. The monoisotopic (exact) mass is 528 g/mol. The predicted molar refractivity (Wildman–Crippen MR) is 153 cm³/mol. The first-order chi connectivity index (χ1) is 18.6. The number of imidazole rings is 1. The molecule has 4 rings (SSSR count). The van der Waals surface area contributed by atoms with Gasteiger partial charge in [-0.3, -0.25) is 4.79 Å². The van der Waals surface area contributed by atoms with E-state index in [1.54, 1.807) is 17.8 Å². The Morgan fingerprint density at radius 1 is 1.03 bits per heavy atom. The fourth-order valence-corrected chi connectivity index (χ4v) is 4.61. The number of esters is 1. The molecule has 7 nitrogen and oxygen atoms in total. The standard InChI is InChI=1S/C30H32N4O3S/c1-37-30(36)28(15-16-38-2)33-29(35)26-14-13-24(17-27(26)23-11-7-4-8-12-23)31-18-25-20-34(21-32-25)19-22-9-5-3-6-10-22/h3-14,17,20-21,28,31H,15-16,18-19H2,1-2H3,(H,33,35)/t28-/m0/s1. The van der Waals surface area contributed by atoms with E-state index >= 15 is 0 Å². The summed E-state index contributed by atoms with van der Waals surface area (Å²) in [6.07, 6.45) is 6.32. The van der Waals surface area contributed by atoms with Crippen molar-refractivity contribution in [3.8, 4) is 11.1 Å². The summed E-state index contributed by atoms with van der Waals surface area (Å²) >= 11 is 1.61. The molecular weight excluding hydrogens is 496 g/mol. The number of thioether (sulfide) groups is 1. The van der Waals surface area contributed by atoms with Crippen LogP contribution in [0.3, 0.4) is 0 Å². The second-order valence-electron chi connectivity index (χ2n) is 8.83. The highest BCUT2D eigenvalue weighted by atomic mass is 32.2. The molecule has 1 atom stereocenters. The van der Waals surface area contributed by atoms with Crippen molar-refractivity contribution in [3.05, 3.63) is 108 Å². The zero-order valence-electron chi connectivity index (χ0n) is 21.6. The van der Waals surface area contributed by atoms with Crippen LogP contribution in [0.15, 0.2) is 91.4 Å². The lowest BCUT2D eigenvalue weighted by Crippen LogP contribution is -2.42. The van der Waals surface area contributed by atoms with Crippen molar-refractivity contribution in [3.63, 3.8) is 0 Å².